The number of nitrogens with zero attached hydrogens (tertiary/aromatic N) is 1. The molecule has 2 heterocycles. The van der Waals surface area contributed by atoms with Crippen LogP contribution in [0.1, 0.15) is 32.8 Å². The zero-order chi connectivity index (χ0) is 25.3. The van der Waals surface area contributed by atoms with Crippen LogP contribution in [0.15, 0.2) is 59.0 Å². The number of benzene rings is 2. The third kappa shape index (κ3) is 5.01. The molecule has 2 aromatic carbocycles. The fraction of sp³-hybridized carbons (Fsp3) is 0.160. The van der Waals surface area contributed by atoms with Gasteiger partial charge in [-0.2, -0.15) is 13.2 Å². The van der Waals surface area contributed by atoms with Crippen molar-refractivity contribution >= 4 is 22.9 Å². The zero-order valence-electron chi connectivity index (χ0n) is 18.4. The van der Waals surface area contributed by atoms with E-state index in [-0.39, 0.29) is 33.7 Å². The summed E-state index contributed by atoms with van der Waals surface area (Å²) in [7, 11) is 1.41. The summed E-state index contributed by atoms with van der Waals surface area (Å²) in [6.45, 7) is 0. The van der Waals surface area contributed by atoms with Gasteiger partial charge in [-0.05, 0) is 54.4 Å². The molecule has 3 N–H and O–H groups in total. The number of carbonyl (C=O) groups excluding carboxylic acids is 2. The molecule has 0 saturated carbocycles. The highest BCUT2D eigenvalue weighted by Gasteiger charge is 2.29. The Bertz CT molecular complexity index is 1430. The normalized spacial score (nSPS) is 11.6. The number of carbonyl (C=O) groups is 2. The average Bonchev–Trinajstić information content (AvgIpc) is 3.20. The van der Waals surface area contributed by atoms with Crippen LogP contribution in [-0.4, -0.2) is 30.0 Å². The summed E-state index contributed by atoms with van der Waals surface area (Å²) < 4.78 is 58.4. The molecule has 0 spiro atoms. The van der Waals surface area contributed by atoms with Gasteiger partial charge >= 0.3 is 6.18 Å². The highest BCUT2D eigenvalue weighted by molar-refractivity contribution is 6.11. The molecule has 180 valence electrons. The van der Waals surface area contributed by atoms with Crippen molar-refractivity contribution < 1.29 is 31.6 Å². The van der Waals surface area contributed by atoms with E-state index in [0.29, 0.717) is 16.7 Å². The molecule has 0 aliphatic carbocycles. The van der Waals surface area contributed by atoms with Crippen molar-refractivity contribution in [2.45, 2.75) is 19.0 Å². The molecule has 0 fully saturated rings. The Morgan fingerprint density at radius 2 is 1.77 bits per heavy atom. The maximum atomic E-state index is 13.4. The zero-order valence-corrected chi connectivity index (χ0v) is 18.4. The molecule has 2 aromatic heterocycles. The van der Waals surface area contributed by atoms with E-state index in [1.807, 2.05) is 0 Å². The number of alkyl halides is 3. The van der Waals surface area contributed by atoms with Gasteiger partial charge < -0.3 is 15.5 Å². The van der Waals surface area contributed by atoms with Crippen LogP contribution in [0.2, 0.25) is 0 Å². The lowest BCUT2D eigenvalue weighted by molar-refractivity contribution is -0.134. The first-order valence-corrected chi connectivity index (χ1v) is 10.5. The van der Waals surface area contributed by atoms with Crippen LogP contribution in [0.3, 0.4) is 0 Å². The van der Waals surface area contributed by atoms with E-state index in [0.717, 1.165) is 0 Å². The fourth-order valence-corrected chi connectivity index (χ4v) is 3.75. The molecule has 0 aliphatic heterocycles. The highest BCUT2D eigenvalue weighted by Crippen LogP contribution is 2.37. The van der Waals surface area contributed by atoms with Gasteiger partial charge in [0.1, 0.15) is 11.6 Å². The van der Waals surface area contributed by atoms with Gasteiger partial charge in [0.2, 0.25) is 11.6 Å². The van der Waals surface area contributed by atoms with Crippen molar-refractivity contribution in [1.82, 2.24) is 10.3 Å². The van der Waals surface area contributed by atoms with Crippen molar-refractivity contribution in [2.24, 2.45) is 5.73 Å². The summed E-state index contributed by atoms with van der Waals surface area (Å²) in [6.07, 6.45) is -6.03. The number of rotatable bonds is 6. The van der Waals surface area contributed by atoms with Crippen molar-refractivity contribution in [3.8, 4) is 22.5 Å². The van der Waals surface area contributed by atoms with Crippen LogP contribution < -0.4 is 11.1 Å². The molecule has 0 bridgehead atoms. The Labute approximate surface area is 196 Å². The summed E-state index contributed by atoms with van der Waals surface area (Å²) in [4.78, 5) is 28.8. The van der Waals surface area contributed by atoms with Crippen LogP contribution in [0.25, 0.3) is 33.6 Å². The van der Waals surface area contributed by atoms with Crippen LogP contribution >= 0.6 is 0 Å². The monoisotopic (exact) mass is 485 g/mol. The highest BCUT2D eigenvalue weighted by atomic mass is 19.4. The van der Waals surface area contributed by atoms with Crippen LogP contribution in [0.5, 0.6) is 0 Å². The maximum absolute atomic E-state index is 13.4. The van der Waals surface area contributed by atoms with Gasteiger partial charge in [0.15, 0.2) is 0 Å². The third-order valence-corrected chi connectivity index (χ3v) is 5.43. The largest absolute Gasteiger partial charge is 0.437 e. The molecule has 0 aliphatic rings. The summed E-state index contributed by atoms with van der Waals surface area (Å²) >= 11 is 0. The topological polar surface area (TPSA) is 98.2 Å². The summed E-state index contributed by atoms with van der Waals surface area (Å²) in [5, 5.41) is 2.76. The standard InChI is InChI=1S/C25H19F4N3O3/c1-31-23(34)20-18-12-17(14-3-2-4-15(11-14)22(30)33)19(9-10-25(27,28)29)32-24(18)35-21(20)13-5-7-16(26)8-6-13/h2-8,11-12H,9-10H2,1H3,(H2,30,33)(H,31,34). The van der Waals surface area contributed by atoms with E-state index in [4.69, 9.17) is 10.2 Å². The maximum Gasteiger partial charge on any atom is 0.389 e. The Morgan fingerprint density at radius 1 is 1.06 bits per heavy atom. The minimum absolute atomic E-state index is 0.0464. The van der Waals surface area contributed by atoms with Gasteiger partial charge in [0.05, 0.1) is 16.6 Å². The van der Waals surface area contributed by atoms with Crippen LogP contribution in [-0.2, 0) is 6.42 Å². The molecule has 0 unspecified atom stereocenters. The van der Waals surface area contributed by atoms with E-state index >= 15 is 0 Å². The number of aromatic nitrogens is 1. The molecule has 4 rings (SSSR count). The minimum atomic E-state index is -4.43. The number of fused-ring (bicyclic) bond motifs is 1. The van der Waals surface area contributed by atoms with Gasteiger partial charge in [-0.1, -0.05) is 12.1 Å². The van der Waals surface area contributed by atoms with Crippen molar-refractivity contribution in [1.29, 1.82) is 0 Å². The first-order chi connectivity index (χ1) is 16.6. The summed E-state index contributed by atoms with van der Waals surface area (Å²) in [6, 6.07) is 12.8. The van der Waals surface area contributed by atoms with Crippen LogP contribution in [0.4, 0.5) is 17.6 Å². The number of nitrogens with one attached hydrogen (secondary N) is 1. The molecule has 2 amide bonds. The number of hydrogen-bond donors (Lipinski definition) is 2. The number of pyridine rings is 1. The fourth-order valence-electron chi connectivity index (χ4n) is 3.75. The van der Waals surface area contributed by atoms with Gasteiger partial charge in [-0.25, -0.2) is 9.37 Å². The van der Waals surface area contributed by atoms with Crippen molar-refractivity contribution in [3.63, 3.8) is 0 Å². The smallest absolute Gasteiger partial charge is 0.389 e. The van der Waals surface area contributed by atoms with Gasteiger partial charge in [-0.3, -0.25) is 9.59 Å². The van der Waals surface area contributed by atoms with E-state index in [1.165, 1.54) is 49.5 Å². The number of nitrogens with two attached hydrogens (primary N) is 1. The predicted molar refractivity (Wildman–Crippen MR) is 121 cm³/mol. The molecule has 0 atom stereocenters. The Balaban J connectivity index is 1.99. The second-order valence-electron chi connectivity index (χ2n) is 7.79. The average molecular weight is 485 g/mol. The first-order valence-electron chi connectivity index (χ1n) is 10.5. The molecule has 0 saturated heterocycles. The molecule has 0 radical (unpaired) electrons. The van der Waals surface area contributed by atoms with Gasteiger partial charge in [0, 0.05) is 30.2 Å². The van der Waals surface area contributed by atoms with E-state index < -0.39 is 36.6 Å². The SMILES string of the molecule is CNC(=O)c1c(-c2ccc(F)cc2)oc2nc(CCC(F)(F)F)c(-c3cccc(C(N)=O)c3)cc12. The second-order valence-corrected chi connectivity index (χ2v) is 7.79. The Kier molecular flexibility index (Phi) is 6.29. The van der Waals surface area contributed by atoms with E-state index in [2.05, 4.69) is 10.3 Å². The number of aryl methyl sites for hydroxylation is 1. The lowest BCUT2D eigenvalue weighted by Gasteiger charge is -2.12. The molecular formula is C25H19F4N3O3. The van der Waals surface area contributed by atoms with Gasteiger partial charge in [0.25, 0.3) is 5.91 Å². The molecule has 10 heteroatoms. The minimum Gasteiger partial charge on any atom is -0.437 e. The first kappa shape index (κ1) is 23.9. The van der Waals surface area contributed by atoms with Crippen LogP contribution in [0, 0.1) is 5.82 Å². The molecule has 35 heavy (non-hydrogen) atoms. The lowest BCUT2D eigenvalue weighted by Crippen LogP contribution is -2.18. The number of primary amides is 1. The van der Waals surface area contributed by atoms with E-state index in [9.17, 15) is 27.2 Å². The Morgan fingerprint density at radius 3 is 2.40 bits per heavy atom. The molecule has 4 aromatic rings. The number of hydrogen-bond acceptors (Lipinski definition) is 4. The van der Waals surface area contributed by atoms with Crippen molar-refractivity contribution in [3.05, 3.63) is 77.2 Å². The molecule has 6 nitrogen and oxygen atoms in total. The summed E-state index contributed by atoms with van der Waals surface area (Å²) in [5.41, 5.74) is 6.73. The number of amides is 2. The van der Waals surface area contributed by atoms with Gasteiger partial charge in [-0.15, -0.1) is 0 Å². The quantitative estimate of drug-likeness (QED) is 0.364. The molecular weight excluding hydrogens is 466 g/mol. The number of furan rings is 1. The lowest BCUT2D eigenvalue weighted by atomic mass is 9.96. The number of halogens is 4. The van der Waals surface area contributed by atoms with E-state index in [1.54, 1.807) is 12.1 Å². The third-order valence-electron chi connectivity index (χ3n) is 5.43. The summed E-state index contributed by atoms with van der Waals surface area (Å²) in [5.74, 6) is -1.62. The van der Waals surface area contributed by atoms with Crippen molar-refractivity contribution in [2.75, 3.05) is 7.05 Å². The Hall–Kier alpha value is -4.21. The predicted octanol–water partition coefficient (Wildman–Crippen LogP) is 5.25. The second kappa shape index (κ2) is 9.21.